The van der Waals surface area contributed by atoms with E-state index in [1.807, 2.05) is 31.2 Å². The second-order valence-corrected chi connectivity index (χ2v) is 11.3. The van der Waals surface area contributed by atoms with Gasteiger partial charge in [0.1, 0.15) is 5.75 Å². The molecule has 9 nitrogen and oxygen atoms in total. The molecule has 0 aliphatic carbocycles. The highest BCUT2D eigenvalue weighted by Crippen LogP contribution is 2.25. The first-order valence-corrected chi connectivity index (χ1v) is 13.1. The Balaban J connectivity index is 1.58. The van der Waals surface area contributed by atoms with Gasteiger partial charge in [0.25, 0.3) is 5.91 Å². The smallest absolute Gasteiger partial charge is 0.261 e. The van der Waals surface area contributed by atoms with Crippen molar-refractivity contribution in [3.05, 3.63) is 60.0 Å². The number of hydrogen-bond donors (Lipinski definition) is 1. The molecule has 0 aliphatic heterocycles. The molecular weight excluding hydrogens is 468 g/mol. The Bertz CT molecular complexity index is 1250. The number of carbonyl (C=O) groups excluding carboxylic acids is 1. The van der Waals surface area contributed by atoms with E-state index in [2.05, 4.69) is 36.2 Å². The van der Waals surface area contributed by atoms with Crippen LogP contribution in [0.4, 0.5) is 5.69 Å². The van der Waals surface area contributed by atoms with E-state index < -0.39 is 16.1 Å². The lowest BCUT2D eigenvalue weighted by Gasteiger charge is -2.19. The van der Waals surface area contributed by atoms with Crippen LogP contribution in [0.5, 0.6) is 5.75 Å². The lowest BCUT2D eigenvalue weighted by molar-refractivity contribution is -0.128. The zero-order valence-corrected chi connectivity index (χ0v) is 21.7. The first kappa shape index (κ1) is 26.2. The summed E-state index contributed by atoms with van der Waals surface area (Å²) < 4.78 is 35.6. The van der Waals surface area contributed by atoms with Crippen molar-refractivity contribution >= 4 is 21.6 Å². The molecule has 188 valence electrons. The Morgan fingerprint density at radius 1 is 1.11 bits per heavy atom. The fourth-order valence-electron chi connectivity index (χ4n) is 3.25. The van der Waals surface area contributed by atoms with Crippen LogP contribution >= 0.6 is 0 Å². The van der Waals surface area contributed by atoms with Gasteiger partial charge in [-0.15, -0.1) is 0 Å². The third-order valence-corrected chi connectivity index (χ3v) is 6.74. The summed E-state index contributed by atoms with van der Waals surface area (Å²) in [5, 5.41) is 6.78. The van der Waals surface area contributed by atoms with Crippen molar-refractivity contribution < 1.29 is 22.5 Å². The first-order valence-electron chi connectivity index (χ1n) is 11.3. The Hall–Kier alpha value is -3.40. The molecule has 1 N–H and O–H groups in total. The minimum absolute atomic E-state index is 0.0532. The number of rotatable bonds is 9. The monoisotopic (exact) mass is 500 g/mol. The minimum Gasteiger partial charge on any atom is -0.481 e. The average molecular weight is 501 g/mol. The zero-order chi connectivity index (χ0) is 25.8. The van der Waals surface area contributed by atoms with Crippen LogP contribution in [0.2, 0.25) is 0 Å². The first-order chi connectivity index (χ1) is 16.4. The number of nitrogens with zero attached hydrogens (tertiary/aromatic N) is 3. The van der Waals surface area contributed by atoms with Gasteiger partial charge in [0.15, 0.2) is 6.10 Å². The van der Waals surface area contributed by atoms with Gasteiger partial charge in [-0.1, -0.05) is 57.1 Å². The van der Waals surface area contributed by atoms with Crippen molar-refractivity contribution in [1.29, 1.82) is 0 Å². The molecule has 1 atom stereocenters. The van der Waals surface area contributed by atoms with Gasteiger partial charge in [0.05, 0.1) is 18.5 Å². The van der Waals surface area contributed by atoms with Crippen molar-refractivity contribution in [1.82, 2.24) is 15.5 Å². The van der Waals surface area contributed by atoms with E-state index in [0.29, 0.717) is 23.7 Å². The van der Waals surface area contributed by atoms with Crippen LogP contribution in [0.15, 0.2) is 53.1 Å². The highest BCUT2D eigenvalue weighted by Gasteiger charge is 2.20. The minimum atomic E-state index is -3.36. The summed E-state index contributed by atoms with van der Waals surface area (Å²) in [4.78, 5) is 17.0. The number of ether oxygens (including phenoxy) is 1. The Labute approximate surface area is 206 Å². The van der Waals surface area contributed by atoms with Gasteiger partial charge in [0.2, 0.25) is 21.7 Å². The second kappa shape index (κ2) is 10.5. The van der Waals surface area contributed by atoms with Gasteiger partial charge in [-0.3, -0.25) is 9.10 Å². The molecule has 10 heteroatoms. The molecule has 3 rings (SSSR count). The second-order valence-electron chi connectivity index (χ2n) is 9.30. The van der Waals surface area contributed by atoms with E-state index in [1.165, 1.54) is 16.9 Å². The Morgan fingerprint density at radius 2 is 1.74 bits per heavy atom. The third-order valence-electron chi connectivity index (χ3n) is 5.53. The van der Waals surface area contributed by atoms with Gasteiger partial charge < -0.3 is 14.6 Å². The summed E-state index contributed by atoms with van der Waals surface area (Å²) in [5.74, 6) is 0.879. The third kappa shape index (κ3) is 6.82. The van der Waals surface area contributed by atoms with Crippen LogP contribution in [0.1, 0.15) is 45.6 Å². The summed E-state index contributed by atoms with van der Waals surface area (Å²) in [6, 6.07) is 14.5. The van der Waals surface area contributed by atoms with Gasteiger partial charge in [-0.05, 0) is 41.7 Å². The number of hydrogen-bond acceptors (Lipinski definition) is 7. The van der Waals surface area contributed by atoms with E-state index in [9.17, 15) is 13.2 Å². The topological polar surface area (TPSA) is 115 Å². The fraction of sp³-hybridized carbons (Fsp3) is 0.400. The van der Waals surface area contributed by atoms with Crippen LogP contribution in [-0.4, -0.2) is 43.9 Å². The van der Waals surface area contributed by atoms with Crippen LogP contribution in [0.25, 0.3) is 11.4 Å². The molecule has 0 aliphatic rings. The van der Waals surface area contributed by atoms with Gasteiger partial charge in [-0.25, -0.2) is 8.42 Å². The average Bonchev–Trinajstić information content (AvgIpc) is 3.29. The van der Waals surface area contributed by atoms with Gasteiger partial charge in [-0.2, -0.15) is 4.98 Å². The van der Waals surface area contributed by atoms with E-state index in [0.717, 1.165) is 11.8 Å². The van der Waals surface area contributed by atoms with E-state index in [-0.39, 0.29) is 23.8 Å². The maximum atomic E-state index is 12.7. The molecule has 0 fully saturated rings. The molecule has 0 spiro atoms. The molecular formula is C25H32N4O5S. The number of nitrogens with one attached hydrogen (secondary N) is 1. The van der Waals surface area contributed by atoms with Crippen molar-refractivity contribution in [2.75, 3.05) is 17.6 Å². The quantitative estimate of drug-likeness (QED) is 0.474. The number of anilines is 1. The summed E-state index contributed by atoms with van der Waals surface area (Å²) >= 11 is 0. The standard InChI is InChI=1S/C25H32N4O5S/c1-7-21(33-20-14-12-19(13-15-20)29(5)35(6,31)32)24(30)26-16-22-27-23(28-34-22)17-8-10-18(11-9-17)25(2,3)4/h8-15,21H,7,16H2,1-6H3,(H,26,30)/t21-/m0/s1. The summed E-state index contributed by atoms with van der Waals surface area (Å²) in [7, 11) is -1.89. The van der Waals surface area contributed by atoms with Crippen molar-refractivity contribution in [3.8, 4) is 17.1 Å². The molecule has 0 bridgehead atoms. The highest BCUT2D eigenvalue weighted by atomic mass is 32.2. The number of carbonyl (C=O) groups is 1. The maximum Gasteiger partial charge on any atom is 0.261 e. The zero-order valence-electron chi connectivity index (χ0n) is 20.9. The number of amides is 1. The molecule has 0 saturated carbocycles. The highest BCUT2D eigenvalue weighted by molar-refractivity contribution is 7.92. The SMILES string of the molecule is CC[C@H](Oc1ccc(N(C)S(C)(=O)=O)cc1)C(=O)NCc1nc(-c2ccc(C(C)(C)C)cc2)no1. The van der Waals surface area contributed by atoms with Crippen molar-refractivity contribution in [2.45, 2.75) is 52.2 Å². The van der Waals surface area contributed by atoms with Crippen LogP contribution in [-0.2, 0) is 26.8 Å². The summed E-state index contributed by atoms with van der Waals surface area (Å²) in [6.07, 6.45) is 0.830. The van der Waals surface area contributed by atoms with Gasteiger partial charge in [0, 0.05) is 12.6 Å². The van der Waals surface area contributed by atoms with Gasteiger partial charge >= 0.3 is 0 Å². The van der Waals surface area contributed by atoms with Crippen molar-refractivity contribution in [3.63, 3.8) is 0 Å². The van der Waals surface area contributed by atoms with E-state index in [4.69, 9.17) is 9.26 Å². The van der Waals surface area contributed by atoms with E-state index >= 15 is 0 Å². The molecule has 0 unspecified atom stereocenters. The summed E-state index contributed by atoms with van der Waals surface area (Å²) in [6.45, 7) is 8.36. The Morgan fingerprint density at radius 3 is 2.29 bits per heavy atom. The molecule has 2 aromatic carbocycles. The maximum absolute atomic E-state index is 12.7. The largest absolute Gasteiger partial charge is 0.481 e. The molecule has 3 aromatic rings. The molecule has 1 heterocycles. The summed E-state index contributed by atoms with van der Waals surface area (Å²) in [5.41, 5.74) is 2.59. The molecule has 1 amide bonds. The molecule has 1 aromatic heterocycles. The van der Waals surface area contributed by atoms with Crippen molar-refractivity contribution in [2.24, 2.45) is 0 Å². The lowest BCUT2D eigenvalue weighted by atomic mass is 9.87. The normalized spacial score (nSPS) is 12.7. The molecule has 35 heavy (non-hydrogen) atoms. The number of sulfonamides is 1. The van der Waals surface area contributed by atoms with Crippen LogP contribution < -0.4 is 14.4 Å². The lowest BCUT2D eigenvalue weighted by Crippen LogP contribution is -2.37. The van der Waals surface area contributed by atoms with Crippen LogP contribution in [0, 0.1) is 0 Å². The molecule has 0 saturated heterocycles. The number of aromatic nitrogens is 2. The molecule has 0 radical (unpaired) electrons. The predicted molar refractivity (Wildman–Crippen MR) is 135 cm³/mol. The van der Waals surface area contributed by atoms with E-state index in [1.54, 1.807) is 24.3 Å². The van der Waals surface area contributed by atoms with Crippen LogP contribution in [0.3, 0.4) is 0 Å². The number of benzene rings is 2. The Kier molecular flexibility index (Phi) is 7.84. The predicted octanol–water partition coefficient (Wildman–Crippen LogP) is 3.90. The fourth-order valence-corrected chi connectivity index (χ4v) is 3.76.